The second-order valence-corrected chi connectivity index (χ2v) is 8.33. The van der Waals surface area contributed by atoms with Gasteiger partial charge >= 0.3 is 0 Å². The average molecular weight is 379 g/mol. The highest BCUT2D eigenvalue weighted by atomic mass is 32.1. The van der Waals surface area contributed by atoms with Gasteiger partial charge in [-0.15, -0.1) is 0 Å². The summed E-state index contributed by atoms with van der Waals surface area (Å²) < 4.78 is 0. The molecule has 0 N–H and O–H groups in total. The normalized spacial score (nSPS) is 12.4. The molecular weight excluding hydrogens is 348 g/mol. The predicted octanol–water partition coefficient (Wildman–Crippen LogP) is 6.63. The lowest BCUT2D eigenvalue weighted by Gasteiger charge is -2.19. The highest BCUT2D eigenvalue weighted by Crippen LogP contribution is 2.22. The molecule has 0 saturated carbocycles. The van der Waals surface area contributed by atoms with Crippen molar-refractivity contribution in [2.45, 2.75) is 46.5 Å². The summed E-state index contributed by atoms with van der Waals surface area (Å²) in [5.41, 5.74) is 3.63. The largest absolute Gasteiger partial charge is 0.295 e. The van der Waals surface area contributed by atoms with Gasteiger partial charge in [0.2, 0.25) is 0 Å². The number of allylic oxidation sites excluding steroid dienone is 1. The number of hydrogen-bond donors (Lipinski definition) is 0. The standard InChI is InChI=1S/C25H30OS/c1-19(2)15-22(16-24(26)14-13-21-10-5-4-6-11-21)17-25(27)18-23-12-8-7-9-20(23)3/h4-14,19,22H,15-18H2,1-3H3/b14-13+. The Balaban J connectivity index is 1.95. The molecule has 0 amide bonds. The van der Waals surface area contributed by atoms with Crippen molar-refractivity contribution >= 4 is 28.9 Å². The topological polar surface area (TPSA) is 17.1 Å². The maximum Gasteiger partial charge on any atom is 0.155 e. The lowest BCUT2D eigenvalue weighted by Crippen LogP contribution is -2.15. The van der Waals surface area contributed by atoms with E-state index in [2.05, 4.69) is 45.0 Å². The van der Waals surface area contributed by atoms with Crippen LogP contribution in [0.4, 0.5) is 0 Å². The first-order chi connectivity index (χ1) is 12.9. The van der Waals surface area contributed by atoms with Gasteiger partial charge in [0.1, 0.15) is 0 Å². The molecule has 0 aromatic heterocycles. The van der Waals surface area contributed by atoms with E-state index in [0.717, 1.165) is 29.7 Å². The summed E-state index contributed by atoms with van der Waals surface area (Å²) >= 11 is 5.69. The molecule has 0 radical (unpaired) electrons. The van der Waals surface area contributed by atoms with E-state index in [9.17, 15) is 4.79 Å². The fourth-order valence-electron chi connectivity index (χ4n) is 3.43. The van der Waals surface area contributed by atoms with Crippen molar-refractivity contribution in [2.75, 3.05) is 0 Å². The van der Waals surface area contributed by atoms with Crippen LogP contribution in [0.1, 0.15) is 49.8 Å². The zero-order valence-electron chi connectivity index (χ0n) is 16.7. The Hall–Kier alpha value is -2.06. The Morgan fingerprint density at radius 3 is 2.33 bits per heavy atom. The number of hydrogen-bond acceptors (Lipinski definition) is 2. The smallest absolute Gasteiger partial charge is 0.155 e. The van der Waals surface area contributed by atoms with Gasteiger partial charge in [0.05, 0.1) is 0 Å². The third-order valence-corrected chi connectivity index (χ3v) is 5.03. The SMILES string of the molecule is Cc1ccccc1CC(=S)CC(CC(=O)/C=C/c1ccccc1)CC(C)C. The lowest BCUT2D eigenvalue weighted by molar-refractivity contribution is -0.115. The van der Waals surface area contributed by atoms with Crippen LogP contribution < -0.4 is 0 Å². The van der Waals surface area contributed by atoms with E-state index in [4.69, 9.17) is 12.2 Å². The molecule has 0 bridgehead atoms. The lowest BCUT2D eigenvalue weighted by atomic mass is 9.87. The summed E-state index contributed by atoms with van der Waals surface area (Å²) in [4.78, 5) is 13.5. The number of thiocarbonyl (C=S) groups is 1. The Bertz CT molecular complexity index is 774. The molecule has 0 aliphatic rings. The van der Waals surface area contributed by atoms with Crippen molar-refractivity contribution in [3.63, 3.8) is 0 Å². The molecule has 2 aromatic carbocycles. The van der Waals surface area contributed by atoms with Gasteiger partial charge in [-0.25, -0.2) is 0 Å². The molecule has 1 nitrogen and oxygen atoms in total. The predicted molar refractivity (Wildman–Crippen MR) is 120 cm³/mol. The monoisotopic (exact) mass is 378 g/mol. The van der Waals surface area contributed by atoms with Crippen molar-refractivity contribution in [1.29, 1.82) is 0 Å². The minimum absolute atomic E-state index is 0.184. The Morgan fingerprint density at radius 1 is 1.00 bits per heavy atom. The average Bonchev–Trinajstić information content (AvgIpc) is 2.62. The molecule has 1 atom stereocenters. The second-order valence-electron chi connectivity index (χ2n) is 7.76. The van der Waals surface area contributed by atoms with Crippen molar-refractivity contribution in [3.8, 4) is 0 Å². The molecule has 2 aromatic rings. The van der Waals surface area contributed by atoms with Crippen LogP contribution in [0.5, 0.6) is 0 Å². The van der Waals surface area contributed by atoms with Gasteiger partial charge in [0.25, 0.3) is 0 Å². The van der Waals surface area contributed by atoms with Crippen LogP contribution in [-0.4, -0.2) is 10.6 Å². The Labute approximate surface area is 169 Å². The summed E-state index contributed by atoms with van der Waals surface area (Å²) in [6, 6.07) is 18.3. The van der Waals surface area contributed by atoms with Gasteiger partial charge in [0, 0.05) is 12.8 Å². The van der Waals surface area contributed by atoms with E-state index >= 15 is 0 Å². The number of rotatable bonds is 10. The van der Waals surface area contributed by atoms with Crippen LogP contribution in [0.25, 0.3) is 6.08 Å². The van der Waals surface area contributed by atoms with Gasteiger partial charge in [-0.05, 0) is 59.2 Å². The van der Waals surface area contributed by atoms with Gasteiger partial charge in [-0.2, -0.15) is 0 Å². The molecule has 0 aliphatic heterocycles. The second kappa shape index (κ2) is 10.9. The highest BCUT2D eigenvalue weighted by molar-refractivity contribution is 7.80. The van der Waals surface area contributed by atoms with Crippen molar-refractivity contribution < 1.29 is 4.79 Å². The zero-order valence-corrected chi connectivity index (χ0v) is 17.5. The van der Waals surface area contributed by atoms with Gasteiger partial charge < -0.3 is 0 Å². The van der Waals surface area contributed by atoms with Gasteiger partial charge in [-0.3, -0.25) is 4.79 Å². The Morgan fingerprint density at radius 2 is 1.67 bits per heavy atom. The molecule has 0 aliphatic carbocycles. The molecule has 0 saturated heterocycles. The van der Waals surface area contributed by atoms with E-state index < -0.39 is 0 Å². The number of carbonyl (C=O) groups excluding carboxylic acids is 1. The number of ketones is 1. The minimum atomic E-state index is 0.184. The van der Waals surface area contributed by atoms with Crippen LogP contribution in [-0.2, 0) is 11.2 Å². The fourth-order valence-corrected chi connectivity index (χ4v) is 3.82. The van der Waals surface area contributed by atoms with Crippen LogP contribution in [0, 0.1) is 18.8 Å². The minimum Gasteiger partial charge on any atom is -0.295 e. The number of aryl methyl sites for hydroxylation is 1. The highest BCUT2D eigenvalue weighted by Gasteiger charge is 2.17. The van der Waals surface area contributed by atoms with Gasteiger partial charge in [-0.1, -0.05) is 86.7 Å². The summed E-state index contributed by atoms with van der Waals surface area (Å²) in [5, 5.41) is 0. The molecule has 0 heterocycles. The van der Waals surface area contributed by atoms with E-state index in [0.29, 0.717) is 18.3 Å². The van der Waals surface area contributed by atoms with Crippen molar-refractivity contribution in [2.24, 2.45) is 11.8 Å². The van der Waals surface area contributed by atoms with Gasteiger partial charge in [0.15, 0.2) is 5.78 Å². The Kier molecular flexibility index (Phi) is 8.60. The van der Waals surface area contributed by atoms with Crippen molar-refractivity contribution in [3.05, 3.63) is 77.4 Å². The quantitative estimate of drug-likeness (QED) is 0.341. The first kappa shape index (κ1) is 21.2. The van der Waals surface area contributed by atoms with Crippen LogP contribution in [0.15, 0.2) is 60.7 Å². The molecular formula is C25H30OS. The number of carbonyl (C=O) groups is 1. The maximum absolute atomic E-state index is 12.5. The first-order valence-corrected chi connectivity index (χ1v) is 10.2. The molecule has 0 spiro atoms. The van der Waals surface area contributed by atoms with E-state index in [-0.39, 0.29) is 5.78 Å². The van der Waals surface area contributed by atoms with Crippen LogP contribution in [0.3, 0.4) is 0 Å². The molecule has 1 unspecified atom stereocenters. The third-order valence-electron chi connectivity index (χ3n) is 4.72. The fraction of sp³-hybridized carbons (Fsp3) is 0.360. The summed E-state index contributed by atoms with van der Waals surface area (Å²) in [6.45, 7) is 6.55. The molecule has 0 fully saturated rings. The maximum atomic E-state index is 12.5. The van der Waals surface area contributed by atoms with Crippen molar-refractivity contribution in [1.82, 2.24) is 0 Å². The molecule has 2 rings (SSSR count). The molecule has 27 heavy (non-hydrogen) atoms. The summed E-state index contributed by atoms with van der Waals surface area (Å²) in [6.07, 6.45) is 6.87. The summed E-state index contributed by atoms with van der Waals surface area (Å²) in [7, 11) is 0. The zero-order chi connectivity index (χ0) is 19.6. The summed E-state index contributed by atoms with van der Waals surface area (Å²) in [5.74, 6) is 1.06. The van der Waals surface area contributed by atoms with Crippen LogP contribution in [0.2, 0.25) is 0 Å². The molecule has 2 heteroatoms. The number of benzene rings is 2. The van der Waals surface area contributed by atoms with Crippen LogP contribution >= 0.6 is 12.2 Å². The first-order valence-electron chi connectivity index (χ1n) is 9.76. The van der Waals surface area contributed by atoms with E-state index in [1.807, 2.05) is 36.4 Å². The van der Waals surface area contributed by atoms with E-state index in [1.165, 1.54) is 11.1 Å². The molecule has 142 valence electrons. The van der Waals surface area contributed by atoms with E-state index in [1.54, 1.807) is 6.08 Å². The third kappa shape index (κ3) is 8.01.